The molecule has 0 aliphatic rings. The van der Waals surface area contributed by atoms with E-state index in [1.165, 1.54) is 24.3 Å². The lowest BCUT2D eigenvalue weighted by Gasteiger charge is -2.10. The van der Waals surface area contributed by atoms with Crippen LogP contribution < -0.4 is 10.6 Å². The number of anilines is 1. The molecule has 2 N–H and O–H groups in total. The highest BCUT2D eigenvalue weighted by atomic mass is 19.1. The van der Waals surface area contributed by atoms with Crippen molar-refractivity contribution in [3.05, 3.63) is 84.6 Å². The molecular formula is C21H18FN5O. The number of benzene rings is 2. The molecule has 0 spiro atoms. The van der Waals surface area contributed by atoms with Gasteiger partial charge in [-0.05, 0) is 48.5 Å². The van der Waals surface area contributed by atoms with Gasteiger partial charge >= 0.3 is 6.03 Å². The molecule has 2 heterocycles. The third kappa shape index (κ3) is 3.83. The number of carbonyl (C=O) groups is 1. The molecule has 0 unspecified atom stereocenters. The monoisotopic (exact) mass is 375 g/mol. The Morgan fingerprint density at radius 3 is 2.57 bits per heavy atom. The average molecular weight is 375 g/mol. The van der Waals surface area contributed by atoms with Crippen LogP contribution in [0.1, 0.15) is 5.82 Å². The molecule has 0 atom stereocenters. The lowest BCUT2D eigenvalue weighted by molar-refractivity contribution is 0.252. The van der Waals surface area contributed by atoms with Gasteiger partial charge in [-0.2, -0.15) is 0 Å². The summed E-state index contributed by atoms with van der Waals surface area (Å²) in [6.45, 7) is 0.392. The zero-order valence-corrected chi connectivity index (χ0v) is 15.0. The minimum absolute atomic E-state index is 0.348. The van der Waals surface area contributed by atoms with Gasteiger partial charge in [0.05, 0.1) is 0 Å². The second-order valence-electron chi connectivity index (χ2n) is 6.18. The van der Waals surface area contributed by atoms with E-state index < -0.39 is 0 Å². The van der Waals surface area contributed by atoms with Crippen LogP contribution in [0.3, 0.4) is 0 Å². The molecule has 2 aromatic heterocycles. The van der Waals surface area contributed by atoms with Gasteiger partial charge in [-0.25, -0.2) is 19.2 Å². The van der Waals surface area contributed by atoms with E-state index in [1.54, 1.807) is 6.20 Å². The second-order valence-corrected chi connectivity index (χ2v) is 6.18. The Hall–Kier alpha value is -3.74. The van der Waals surface area contributed by atoms with Gasteiger partial charge in [0, 0.05) is 30.5 Å². The molecule has 0 radical (unpaired) electrons. The van der Waals surface area contributed by atoms with Crippen molar-refractivity contribution in [3.63, 3.8) is 0 Å². The Morgan fingerprint density at radius 2 is 1.79 bits per heavy atom. The molecule has 28 heavy (non-hydrogen) atoms. The molecule has 0 aliphatic carbocycles. The molecule has 4 rings (SSSR count). The SMILES string of the molecule is O=C(NCCc1nc2cccnc2n1-c1ccccc1)Nc1ccc(F)cc1. The van der Waals surface area contributed by atoms with Crippen LogP contribution in [0.25, 0.3) is 16.9 Å². The van der Waals surface area contributed by atoms with Crippen molar-refractivity contribution < 1.29 is 9.18 Å². The number of carbonyl (C=O) groups excluding carboxylic acids is 1. The van der Waals surface area contributed by atoms with Gasteiger partial charge < -0.3 is 10.6 Å². The fourth-order valence-electron chi connectivity index (χ4n) is 2.97. The van der Waals surface area contributed by atoms with Gasteiger partial charge in [-0.3, -0.25) is 4.57 Å². The smallest absolute Gasteiger partial charge is 0.319 e. The van der Waals surface area contributed by atoms with Crippen LogP contribution >= 0.6 is 0 Å². The average Bonchev–Trinajstić information content (AvgIpc) is 3.08. The summed E-state index contributed by atoms with van der Waals surface area (Å²) in [5.74, 6) is 0.460. The van der Waals surface area contributed by atoms with Crippen molar-refractivity contribution in [3.8, 4) is 5.69 Å². The van der Waals surface area contributed by atoms with Gasteiger partial charge in [0.25, 0.3) is 0 Å². The predicted molar refractivity (Wildman–Crippen MR) is 106 cm³/mol. The first-order valence-corrected chi connectivity index (χ1v) is 8.89. The van der Waals surface area contributed by atoms with Crippen molar-refractivity contribution in [1.29, 1.82) is 0 Å². The van der Waals surface area contributed by atoms with E-state index in [0.29, 0.717) is 18.7 Å². The minimum Gasteiger partial charge on any atom is -0.337 e. The fraction of sp³-hybridized carbons (Fsp3) is 0.0952. The molecular weight excluding hydrogens is 357 g/mol. The van der Waals surface area contributed by atoms with Gasteiger partial charge in [0.2, 0.25) is 0 Å². The van der Waals surface area contributed by atoms with Gasteiger partial charge in [0.15, 0.2) is 5.65 Å². The number of nitrogens with zero attached hydrogens (tertiary/aromatic N) is 3. The summed E-state index contributed by atoms with van der Waals surface area (Å²) in [5.41, 5.74) is 3.07. The number of halogens is 1. The first-order valence-electron chi connectivity index (χ1n) is 8.89. The number of hydrogen-bond acceptors (Lipinski definition) is 3. The van der Waals surface area contributed by atoms with Crippen LogP contribution in [0.2, 0.25) is 0 Å². The summed E-state index contributed by atoms with van der Waals surface area (Å²) in [5, 5.41) is 5.47. The Balaban J connectivity index is 1.47. The van der Waals surface area contributed by atoms with Gasteiger partial charge in [-0.15, -0.1) is 0 Å². The molecule has 4 aromatic rings. The largest absolute Gasteiger partial charge is 0.337 e. The minimum atomic E-state index is -0.355. The Morgan fingerprint density at radius 1 is 1.00 bits per heavy atom. The number of amides is 2. The first-order chi connectivity index (χ1) is 13.7. The number of rotatable bonds is 5. The maximum atomic E-state index is 12.9. The highest BCUT2D eigenvalue weighted by molar-refractivity contribution is 5.89. The number of imidazole rings is 1. The highest BCUT2D eigenvalue weighted by Crippen LogP contribution is 2.19. The van der Waals surface area contributed by atoms with Crippen LogP contribution in [0.4, 0.5) is 14.9 Å². The molecule has 6 nitrogen and oxygen atoms in total. The van der Waals surface area contributed by atoms with Crippen molar-refractivity contribution in [1.82, 2.24) is 19.9 Å². The summed E-state index contributed by atoms with van der Waals surface area (Å²) < 4.78 is 14.9. The number of para-hydroxylation sites is 1. The van der Waals surface area contributed by atoms with E-state index in [1.807, 2.05) is 47.0 Å². The number of nitrogens with one attached hydrogen (secondary N) is 2. The van der Waals surface area contributed by atoms with Crippen molar-refractivity contribution in [2.75, 3.05) is 11.9 Å². The molecule has 0 saturated heterocycles. The van der Waals surface area contributed by atoms with E-state index >= 15 is 0 Å². The lowest BCUT2D eigenvalue weighted by atomic mass is 10.3. The lowest BCUT2D eigenvalue weighted by Crippen LogP contribution is -2.30. The van der Waals surface area contributed by atoms with Crippen molar-refractivity contribution >= 4 is 22.9 Å². The third-order valence-electron chi connectivity index (χ3n) is 4.24. The Labute approximate surface area is 161 Å². The summed E-state index contributed by atoms with van der Waals surface area (Å²) in [7, 11) is 0. The molecule has 0 aliphatic heterocycles. The van der Waals surface area contributed by atoms with E-state index in [0.717, 1.165) is 22.7 Å². The normalized spacial score (nSPS) is 10.8. The van der Waals surface area contributed by atoms with Crippen LogP contribution in [-0.4, -0.2) is 27.1 Å². The van der Waals surface area contributed by atoms with Crippen molar-refractivity contribution in [2.24, 2.45) is 0 Å². The number of hydrogen-bond donors (Lipinski definition) is 2. The number of aromatic nitrogens is 3. The Bertz CT molecular complexity index is 1090. The zero-order chi connectivity index (χ0) is 19.3. The standard InChI is InChI=1S/C21H18FN5O/c22-15-8-10-16(11-9-15)25-21(28)24-14-12-19-26-18-7-4-13-23-20(18)27(19)17-5-2-1-3-6-17/h1-11,13H,12,14H2,(H2,24,25,28). The Kier molecular flexibility index (Phi) is 4.97. The van der Waals surface area contributed by atoms with E-state index in [2.05, 4.69) is 20.6 Å². The second kappa shape index (κ2) is 7.87. The zero-order valence-electron chi connectivity index (χ0n) is 15.0. The third-order valence-corrected chi connectivity index (χ3v) is 4.24. The quantitative estimate of drug-likeness (QED) is 0.555. The summed E-state index contributed by atoms with van der Waals surface area (Å²) in [4.78, 5) is 21.2. The summed E-state index contributed by atoms with van der Waals surface area (Å²) in [6, 6.07) is 18.9. The molecule has 7 heteroatoms. The van der Waals surface area contributed by atoms with Crippen LogP contribution in [0.5, 0.6) is 0 Å². The summed E-state index contributed by atoms with van der Waals surface area (Å²) in [6.07, 6.45) is 2.27. The molecule has 2 amide bonds. The number of pyridine rings is 1. The highest BCUT2D eigenvalue weighted by Gasteiger charge is 2.13. The number of urea groups is 1. The van der Waals surface area contributed by atoms with Crippen LogP contribution in [-0.2, 0) is 6.42 Å². The predicted octanol–water partition coefficient (Wildman–Crippen LogP) is 3.92. The van der Waals surface area contributed by atoms with E-state index in [-0.39, 0.29) is 11.8 Å². The molecule has 0 saturated carbocycles. The first kappa shape index (κ1) is 17.7. The van der Waals surface area contributed by atoms with E-state index in [4.69, 9.17) is 0 Å². The van der Waals surface area contributed by atoms with Gasteiger partial charge in [0.1, 0.15) is 17.2 Å². The summed E-state index contributed by atoms with van der Waals surface area (Å²) >= 11 is 0. The maximum Gasteiger partial charge on any atom is 0.319 e. The topological polar surface area (TPSA) is 71.8 Å². The van der Waals surface area contributed by atoms with Gasteiger partial charge in [-0.1, -0.05) is 18.2 Å². The van der Waals surface area contributed by atoms with Crippen molar-refractivity contribution in [2.45, 2.75) is 6.42 Å². The molecule has 140 valence electrons. The molecule has 0 bridgehead atoms. The fourth-order valence-corrected chi connectivity index (χ4v) is 2.97. The van der Waals surface area contributed by atoms with Crippen LogP contribution in [0.15, 0.2) is 72.9 Å². The maximum absolute atomic E-state index is 12.9. The van der Waals surface area contributed by atoms with E-state index in [9.17, 15) is 9.18 Å². The van der Waals surface area contributed by atoms with Crippen LogP contribution in [0, 0.1) is 5.82 Å². The molecule has 2 aromatic carbocycles. The molecule has 0 fully saturated rings. The number of fused-ring (bicyclic) bond motifs is 1.